The molecule has 118 valence electrons. The van der Waals surface area contributed by atoms with Crippen LogP contribution in [0.1, 0.15) is 16.6 Å². The van der Waals surface area contributed by atoms with Crippen LogP contribution >= 0.6 is 38.9 Å². The summed E-state index contributed by atoms with van der Waals surface area (Å²) in [7, 11) is 0. The number of nitrogens with zero attached hydrogens (tertiary/aromatic N) is 1. The van der Waals surface area contributed by atoms with Crippen molar-refractivity contribution < 1.29 is 9.90 Å². The van der Waals surface area contributed by atoms with Gasteiger partial charge in [-0.3, -0.25) is 5.32 Å². The van der Waals surface area contributed by atoms with Crippen LogP contribution in [0.5, 0.6) is 0 Å². The van der Waals surface area contributed by atoms with E-state index < -0.39 is 12.1 Å². The number of halogens is 2. The van der Waals surface area contributed by atoms with Gasteiger partial charge in [-0.25, -0.2) is 9.78 Å². The summed E-state index contributed by atoms with van der Waals surface area (Å²) in [6.07, 6.45) is -1.19. The number of fused-ring (bicyclic) bond motifs is 1. The van der Waals surface area contributed by atoms with E-state index in [1.54, 1.807) is 17.4 Å². The first kappa shape index (κ1) is 16.2. The molecule has 0 aliphatic heterocycles. The molecule has 0 saturated carbocycles. The minimum Gasteiger partial charge on any atom is -0.465 e. The molecule has 0 spiro atoms. The van der Waals surface area contributed by atoms with Crippen LogP contribution in [-0.2, 0) is 0 Å². The molecule has 0 saturated heterocycles. The van der Waals surface area contributed by atoms with Crippen LogP contribution in [0.2, 0.25) is 5.02 Å². The summed E-state index contributed by atoms with van der Waals surface area (Å²) in [6.45, 7) is 0. The zero-order valence-corrected chi connectivity index (χ0v) is 14.7. The molecule has 0 aliphatic rings. The number of pyridine rings is 1. The van der Waals surface area contributed by atoms with Crippen molar-refractivity contribution in [2.75, 3.05) is 5.32 Å². The predicted octanol–water partition coefficient (Wildman–Crippen LogP) is 4.85. The van der Waals surface area contributed by atoms with Gasteiger partial charge < -0.3 is 10.8 Å². The van der Waals surface area contributed by atoms with E-state index in [1.165, 1.54) is 6.07 Å². The Bertz CT molecular complexity index is 900. The lowest BCUT2D eigenvalue weighted by Gasteiger charge is -2.12. The Morgan fingerprint density at radius 2 is 2.17 bits per heavy atom. The van der Waals surface area contributed by atoms with Crippen LogP contribution < -0.4 is 11.1 Å². The van der Waals surface area contributed by atoms with Gasteiger partial charge in [-0.1, -0.05) is 23.7 Å². The summed E-state index contributed by atoms with van der Waals surface area (Å²) in [6, 6.07) is 10.5. The SMILES string of the molecule is NC(c1cc2cccc(Br)c2s1)c1nc(NC(=O)O)ccc1Cl. The molecule has 3 aromatic rings. The molecule has 1 amide bonds. The Morgan fingerprint density at radius 1 is 1.39 bits per heavy atom. The first-order chi connectivity index (χ1) is 11.0. The Morgan fingerprint density at radius 3 is 2.87 bits per heavy atom. The lowest BCUT2D eigenvalue weighted by Crippen LogP contribution is -2.15. The maximum Gasteiger partial charge on any atom is 0.410 e. The third kappa shape index (κ3) is 3.32. The lowest BCUT2D eigenvalue weighted by molar-refractivity contribution is 0.209. The van der Waals surface area contributed by atoms with Gasteiger partial charge in [0.15, 0.2) is 0 Å². The van der Waals surface area contributed by atoms with Crippen molar-refractivity contribution in [1.29, 1.82) is 0 Å². The fourth-order valence-electron chi connectivity index (χ4n) is 2.19. The van der Waals surface area contributed by atoms with Gasteiger partial charge in [-0.2, -0.15) is 0 Å². The number of rotatable bonds is 3. The number of carbonyl (C=O) groups is 1. The van der Waals surface area contributed by atoms with Crippen LogP contribution in [0.15, 0.2) is 40.9 Å². The molecule has 2 aromatic heterocycles. The number of amides is 1. The topological polar surface area (TPSA) is 88.2 Å². The van der Waals surface area contributed by atoms with Gasteiger partial charge in [-0.15, -0.1) is 11.3 Å². The van der Waals surface area contributed by atoms with Crippen LogP contribution in [0, 0.1) is 0 Å². The average Bonchev–Trinajstić information content (AvgIpc) is 2.93. The zero-order chi connectivity index (χ0) is 16.6. The van der Waals surface area contributed by atoms with Gasteiger partial charge in [0.25, 0.3) is 0 Å². The largest absolute Gasteiger partial charge is 0.465 e. The highest BCUT2D eigenvalue weighted by molar-refractivity contribution is 9.10. The van der Waals surface area contributed by atoms with Gasteiger partial charge in [-0.05, 0) is 45.6 Å². The molecule has 4 N–H and O–H groups in total. The maximum absolute atomic E-state index is 10.7. The van der Waals surface area contributed by atoms with E-state index in [1.807, 2.05) is 24.3 Å². The molecule has 1 unspecified atom stereocenters. The number of hydrogen-bond donors (Lipinski definition) is 3. The van der Waals surface area contributed by atoms with Crippen molar-refractivity contribution in [1.82, 2.24) is 4.98 Å². The number of benzene rings is 1. The van der Waals surface area contributed by atoms with E-state index in [0.29, 0.717) is 10.7 Å². The van der Waals surface area contributed by atoms with E-state index in [2.05, 4.69) is 26.2 Å². The Balaban J connectivity index is 2.02. The quantitative estimate of drug-likeness (QED) is 0.574. The molecule has 2 heterocycles. The minimum absolute atomic E-state index is 0.189. The number of anilines is 1. The number of nitrogens with two attached hydrogens (primary N) is 1. The molecule has 1 aromatic carbocycles. The third-order valence-electron chi connectivity index (χ3n) is 3.22. The average molecular weight is 413 g/mol. The van der Waals surface area contributed by atoms with Crippen molar-refractivity contribution >= 4 is 60.9 Å². The number of thiophene rings is 1. The molecule has 0 fully saturated rings. The Kier molecular flexibility index (Phi) is 4.54. The number of carboxylic acid groups (broad SMARTS) is 1. The number of hydrogen-bond acceptors (Lipinski definition) is 4. The summed E-state index contributed by atoms with van der Waals surface area (Å²) in [5.74, 6) is 0.189. The Hall–Kier alpha value is -1.67. The molecule has 8 heteroatoms. The van der Waals surface area contributed by atoms with E-state index in [4.69, 9.17) is 22.4 Å². The molecule has 0 aliphatic carbocycles. The second-order valence-electron chi connectivity index (χ2n) is 4.78. The molecule has 3 rings (SSSR count). The summed E-state index contributed by atoms with van der Waals surface area (Å²) >= 11 is 11.3. The molecule has 23 heavy (non-hydrogen) atoms. The lowest BCUT2D eigenvalue weighted by atomic mass is 10.1. The van der Waals surface area contributed by atoms with Crippen LogP contribution in [0.4, 0.5) is 10.6 Å². The van der Waals surface area contributed by atoms with Crippen LogP contribution in [0.3, 0.4) is 0 Å². The van der Waals surface area contributed by atoms with Crippen molar-refractivity contribution in [3.63, 3.8) is 0 Å². The minimum atomic E-state index is -1.19. The second-order valence-corrected chi connectivity index (χ2v) is 7.12. The van der Waals surface area contributed by atoms with Crippen molar-refractivity contribution in [2.45, 2.75) is 6.04 Å². The van der Waals surface area contributed by atoms with Crippen molar-refractivity contribution in [3.8, 4) is 0 Å². The molecular weight excluding hydrogens is 402 g/mol. The third-order valence-corrected chi connectivity index (χ3v) is 5.73. The van der Waals surface area contributed by atoms with Gasteiger partial charge >= 0.3 is 6.09 Å². The van der Waals surface area contributed by atoms with E-state index in [0.717, 1.165) is 19.4 Å². The highest BCUT2D eigenvalue weighted by Gasteiger charge is 2.18. The van der Waals surface area contributed by atoms with Crippen molar-refractivity contribution in [2.24, 2.45) is 5.73 Å². The van der Waals surface area contributed by atoms with Gasteiger partial charge in [0, 0.05) is 14.0 Å². The smallest absolute Gasteiger partial charge is 0.410 e. The fourth-order valence-corrected chi connectivity index (χ4v) is 4.11. The van der Waals surface area contributed by atoms with Crippen LogP contribution in [-0.4, -0.2) is 16.2 Å². The molecular formula is C15H11BrClN3O2S. The van der Waals surface area contributed by atoms with E-state index >= 15 is 0 Å². The predicted molar refractivity (Wildman–Crippen MR) is 96.4 cm³/mol. The first-order valence-corrected chi connectivity index (χ1v) is 8.54. The normalized spacial score (nSPS) is 12.3. The molecule has 1 atom stereocenters. The number of nitrogens with one attached hydrogen (secondary N) is 1. The van der Waals surface area contributed by atoms with Gasteiger partial charge in [0.05, 0.1) is 16.8 Å². The Labute approximate surface area is 149 Å². The number of aromatic nitrogens is 1. The molecule has 5 nitrogen and oxygen atoms in total. The fraction of sp³-hybridized carbons (Fsp3) is 0.0667. The standard InChI is InChI=1S/C15H11BrClN3O2S/c16-8-3-1-2-7-6-10(23-14(7)8)12(18)13-9(17)4-5-11(19-13)20-15(21)22/h1-6,12H,18H2,(H,19,20)(H,21,22). The molecule has 0 radical (unpaired) electrons. The highest BCUT2D eigenvalue weighted by Crippen LogP contribution is 2.37. The van der Waals surface area contributed by atoms with Gasteiger partial charge in [0.1, 0.15) is 5.82 Å². The summed E-state index contributed by atoms with van der Waals surface area (Å²) in [4.78, 5) is 15.9. The summed E-state index contributed by atoms with van der Waals surface area (Å²) in [5.41, 5.74) is 6.73. The summed E-state index contributed by atoms with van der Waals surface area (Å²) < 4.78 is 2.09. The summed E-state index contributed by atoms with van der Waals surface area (Å²) in [5, 5.41) is 12.5. The monoisotopic (exact) mass is 411 g/mol. The maximum atomic E-state index is 10.7. The highest BCUT2D eigenvalue weighted by atomic mass is 79.9. The second kappa shape index (κ2) is 6.45. The first-order valence-electron chi connectivity index (χ1n) is 6.55. The van der Waals surface area contributed by atoms with Crippen molar-refractivity contribution in [3.05, 3.63) is 56.5 Å². The molecule has 0 bridgehead atoms. The van der Waals surface area contributed by atoms with E-state index in [9.17, 15) is 4.79 Å². The van der Waals surface area contributed by atoms with Gasteiger partial charge in [0.2, 0.25) is 0 Å². The zero-order valence-electron chi connectivity index (χ0n) is 11.6. The van der Waals surface area contributed by atoms with Crippen LogP contribution in [0.25, 0.3) is 10.1 Å². The van der Waals surface area contributed by atoms with E-state index in [-0.39, 0.29) is 5.82 Å².